The minimum absolute atomic E-state index is 0.0522. The van der Waals surface area contributed by atoms with Crippen LogP contribution in [-0.4, -0.2) is 56.3 Å². The number of halogens is 1. The summed E-state index contributed by atoms with van der Waals surface area (Å²) in [7, 11) is 1.52. The summed E-state index contributed by atoms with van der Waals surface area (Å²) in [6.45, 7) is 5.18. The third-order valence-corrected chi connectivity index (χ3v) is 7.58. The number of hydrogen-bond acceptors (Lipinski definition) is 9. The van der Waals surface area contributed by atoms with Crippen molar-refractivity contribution in [2.24, 2.45) is 5.73 Å². The number of aromatic nitrogens is 4. The largest absolute Gasteiger partial charge is 0.485 e. The van der Waals surface area contributed by atoms with Crippen LogP contribution in [0.5, 0.6) is 11.6 Å². The highest BCUT2D eigenvalue weighted by Gasteiger charge is 2.29. The van der Waals surface area contributed by atoms with Crippen LogP contribution in [0.3, 0.4) is 0 Å². The van der Waals surface area contributed by atoms with Gasteiger partial charge in [0.2, 0.25) is 5.88 Å². The number of methoxy groups -OCH3 is 1. The number of carboxylic acid groups (broad SMARTS) is 1. The van der Waals surface area contributed by atoms with Crippen molar-refractivity contribution in [1.29, 1.82) is 0 Å². The quantitative estimate of drug-likeness (QED) is 0.254. The smallest absolute Gasteiger partial charge is 0.412 e. The van der Waals surface area contributed by atoms with Gasteiger partial charge in [-0.05, 0) is 50.6 Å². The molecule has 5 rings (SSSR count). The SMILES string of the molecule is COc1cnc2c(-c3nc4cc(F)c(OC(C)C(C)N(C(=O)O)c5ccnc(C(N)=O)c5)cc4s3)cc(C)cc2n1. The highest BCUT2D eigenvalue weighted by Crippen LogP contribution is 2.37. The van der Waals surface area contributed by atoms with Crippen LogP contribution in [-0.2, 0) is 0 Å². The molecule has 11 nitrogen and oxygen atoms in total. The average Bonchev–Trinajstić information content (AvgIpc) is 3.34. The summed E-state index contributed by atoms with van der Waals surface area (Å²) in [6, 6.07) is 8.61. The Hall–Kier alpha value is -4.91. The van der Waals surface area contributed by atoms with Gasteiger partial charge in [-0.25, -0.2) is 24.1 Å². The van der Waals surface area contributed by atoms with Gasteiger partial charge in [-0.1, -0.05) is 0 Å². The summed E-state index contributed by atoms with van der Waals surface area (Å²) in [5, 5.41) is 10.5. The Kier molecular flexibility index (Phi) is 7.37. The molecule has 3 N–H and O–H groups in total. The van der Waals surface area contributed by atoms with Gasteiger partial charge in [0.1, 0.15) is 16.8 Å². The van der Waals surface area contributed by atoms with Crippen LogP contribution in [0.2, 0.25) is 0 Å². The lowest BCUT2D eigenvalue weighted by molar-refractivity contribution is 0.0995. The van der Waals surface area contributed by atoms with Gasteiger partial charge < -0.3 is 20.3 Å². The minimum atomic E-state index is -1.29. The van der Waals surface area contributed by atoms with Crippen LogP contribution < -0.4 is 20.1 Å². The molecule has 210 valence electrons. The van der Waals surface area contributed by atoms with E-state index < -0.39 is 30.0 Å². The van der Waals surface area contributed by atoms with E-state index in [4.69, 9.17) is 15.2 Å². The molecule has 41 heavy (non-hydrogen) atoms. The van der Waals surface area contributed by atoms with Gasteiger partial charge in [0.25, 0.3) is 5.91 Å². The Labute approximate surface area is 237 Å². The number of thiazole rings is 1. The standard InChI is InChI=1S/C28H25FN6O5S/c1-13-7-17(25-20(8-13)33-24(39-4)12-32-25)27-34-19-10-18(29)22(11-23(19)41-27)40-15(3)14(2)35(28(37)38)16-5-6-31-21(9-16)26(30)36/h5-12,14-15H,1-4H3,(H2,30,36)(H,37,38). The highest BCUT2D eigenvalue weighted by atomic mass is 32.1. The number of carbonyl (C=O) groups is 2. The van der Waals surface area contributed by atoms with Crippen LogP contribution in [0, 0.1) is 12.7 Å². The molecule has 2 atom stereocenters. The van der Waals surface area contributed by atoms with E-state index in [2.05, 4.69) is 19.9 Å². The molecule has 13 heteroatoms. The first-order valence-electron chi connectivity index (χ1n) is 12.4. The minimum Gasteiger partial charge on any atom is -0.485 e. The Morgan fingerprint density at radius 1 is 1.10 bits per heavy atom. The molecule has 3 aromatic heterocycles. The third-order valence-electron chi connectivity index (χ3n) is 6.53. The lowest BCUT2D eigenvalue weighted by Gasteiger charge is -2.31. The number of pyridine rings is 1. The molecule has 0 saturated heterocycles. The van der Waals surface area contributed by atoms with E-state index in [1.807, 2.05) is 19.1 Å². The number of hydrogen-bond donors (Lipinski definition) is 2. The molecule has 0 saturated carbocycles. The molecule has 0 fully saturated rings. The van der Waals surface area contributed by atoms with Gasteiger partial charge in [0, 0.05) is 23.9 Å². The summed E-state index contributed by atoms with van der Waals surface area (Å²) in [5.74, 6) is -1.10. The number of amides is 2. The molecule has 0 aliphatic rings. The van der Waals surface area contributed by atoms with Crippen LogP contribution >= 0.6 is 11.3 Å². The Bertz CT molecular complexity index is 1810. The third kappa shape index (κ3) is 5.43. The summed E-state index contributed by atoms with van der Waals surface area (Å²) >= 11 is 1.34. The second-order valence-electron chi connectivity index (χ2n) is 9.34. The monoisotopic (exact) mass is 576 g/mol. The van der Waals surface area contributed by atoms with Crippen molar-refractivity contribution in [3.63, 3.8) is 0 Å². The van der Waals surface area contributed by atoms with E-state index in [1.54, 1.807) is 19.9 Å². The zero-order valence-corrected chi connectivity index (χ0v) is 23.3. The fourth-order valence-electron chi connectivity index (χ4n) is 4.38. The molecule has 0 radical (unpaired) electrons. The fourth-order valence-corrected chi connectivity index (χ4v) is 5.37. The predicted octanol–water partition coefficient (Wildman–Crippen LogP) is 5.20. The van der Waals surface area contributed by atoms with Crippen molar-refractivity contribution in [3.05, 3.63) is 65.9 Å². The van der Waals surface area contributed by atoms with Crippen molar-refractivity contribution < 1.29 is 28.6 Å². The maximum absolute atomic E-state index is 15.2. The van der Waals surface area contributed by atoms with Gasteiger partial charge in [0.05, 0.1) is 46.3 Å². The number of ether oxygens (including phenoxy) is 2. The first-order valence-corrected chi connectivity index (χ1v) is 13.2. The second-order valence-corrected chi connectivity index (χ2v) is 10.4. The van der Waals surface area contributed by atoms with Crippen molar-refractivity contribution >= 4 is 50.3 Å². The highest BCUT2D eigenvalue weighted by molar-refractivity contribution is 7.21. The summed E-state index contributed by atoms with van der Waals surface area (Å²) in [6.07, 6.45) is 0.743. The molecule has 3 heterocycles. The lowest BCUT2D eigenvalue weighted by Crippen LogP contribution is -2.46. The van der Waals surface area contributed by atoms with Crippen LogP contribution in [0.25, 0.3) is 31.8 Å². The first-order chi connectivity index (χ1) is 19.5. The molecule has 2 amide bonds. The van der Waals surface area contributed by atoms with E-state index >= 15 is 4.39 Å². The van der Waals surface area contributed by atoms with E-state index in [1.165, 1.54) is 49.0 Å². The summed E-state index contributed by atoms with van der Waals surface area (Å²) in [5.41, 5.74) is 8.82. The van der Waals surface area contributed by atoms with E-state index in [-0.39, 0.29) is 17.1 Å². The second kappa shape index (κ2) is 10.9. The van der Waals surface area contributed by atoms with Crippen molar-refractivity contribution in [1.82, 2.24) is 19.9 Å². The lowest BCUT2D eigenvalue weighted by atomic mass is 10.1. The molecule has 0 aliphatic heterocycles. The summed E-state index contributed by atoms with van der Waals surface area (Å²) in [4.78, 5) is 42.2. The molecule has 2 aromatic carbocycles. The number of fused-ring (bicyclic) bond motifs is 2. The zero-order valence-electron chi connectivity index (χ0n) is 22.5. The molecule has 0 aliphatic carbocycles. The van der Waals surface area contributed by atoms with Crippen LogP contribution in [0.1, 0.15) is 29.9 Å². The van der Waals surface area contributed by atoms with Gasteiger partial charge in [0.15, 0.2) is 11.6 Å². The normalized spacial score (nSPS) is 12.7. The Morgan fingerprint density at radius 2 is 1.88 bits per heavy atom. The van der Waals surface area contributed by atoms with E-state index in [0.717, 1.165) is 16.0 Å². The molecular formula is C28H25FN6O5S. The topological polar surface area (TPSA) is 154 Å². The number of nitrogens with two attached hydrogens (primary N) is 1. The van der Waals surface area contributed by atoms with Gasteiger partial charge in [-0.15, -0.1) is 11.3 Å². The number of primary amides is 1. The number of aryl methyl sites for hydroxylation is 1. The zero-order chi connectivity index (χ0) is 29.4. The number of carbonyl (C=O) groups excluding carboxylic acids is 1. The number of benzene rings is 2. The molecule has 5 aromatic rings. The molecular weight excluding hydrogens is 551 g/mol. The molecule has 0 bridgehead atoms. The molecule has 0 spiro atoms. The van der Waals surface area contributed by atoms with Crippen LogP contribution in [0.15, 0.2) is 48.8 Å². The predicted molar refractivity (Wildman–Crippen MR) is 152 cm³/mol. The van der Waals surface area contributed by atoms with Gasteiger partial charge >= 0.3 is 6.09 Å². The first kappa shape index (κ1) is 27.6. The number of anilines is 1. The Balaban J connectivity index is 1.46. The van der Waals surface area contributed by atoms with Crippen molar-refractivity contribution in [2.45, 2.75) is 32.9 Å². The average molecular weight is 577 g/mol. The van der Waals surface area contributed by atoms with E-state index in [9.17, 15) is 14.7 Å². The Morgan fingerprint density at radius 3 is 2.59 bits per heavy atom. The van der Waals surface area contributed by atoms with Gasteiger partial charge in [-0.2, -0.15) is 0 Å². The maximum Gasteiger partial charge on any atom is 0.412 e. The van der Waals surface area contributed by atoms with Gasteiger partial charge in [-0.3, -0.25) is 14.7 Å². The van der Waals surface area contributed by atoms with Crippen LogP contribution in [0.4, 0.5) is 14.9 Å². The maximum atomic E-state index is 15.2. The fraction of sp³-hybridized carbons (Fsp3) is 0.214. The van der Waals surface area contributed by atoms with Crippen molar-refractivity contribution in [2.75, 3.05) is 12.0 Å². The van der Waals surface area contributed by atoms with E-state index in [0.29, 0.717) is 32.1 Å². The molecule has 2 unspecified atom stereocenters. The summed E-state index contributed by atoms with van der Waals surface area (Å²) < 4.78 is 27.0. The number of rotatable bonds is 8. The van der Waals surface area contributed by atoms with Crippen molar-refractivity contribution in [3.8, 4) is 22.2 Å². The number of nitrogens with zero attached hydrogens (tertiary/aromatic N) is 5.